The van der Waals surface area contributed by atoms with Crippen molar-refractivity contribution in [3.05, 3.63) is 131 Å². The SMILES string of the molecule is COc1ccc(C(O)=C2C(=O)C(=O)N(c3nnc(SCc4ccccc4F)s3)[C@H]2c2cccc(Oc3ccccc3)c2)cc1F. The van der Waals surface area contributed by atoms with Crippen LogP contribution in [0.5, 0.6) is 17.2 Å². The van der Waals surface area contributed by atoms with E-state index in [1.165, 1.54) is 37.1 Å². The standard InChI is InChI=1S/C33H23F2N3O5S2/c1-42-26-15-14-20(17-25(26)35)29(39)27-28(19-9-7-12-23(16-19)43-22-10-3-2-4-11-22)38(31(41)30(27)40)32-36-37-33(45-32)44-18-21-8-5-6-13-24(21)34/h2-17,28,39H,18H2,1H3/t28-/m0/s1. The molecule has 1 atom stereocenters. The van der Waals surface area contributed by atoms with Crippen LogP contribution in [0.3, 0.4) is 0 Å². The Hall–Kier alpha value is -5.07. The van der Waals surface area contributed by atoms with Crippen molar-refractivity contribution in [2.45, 2.75) is 16.1 Å². The van der Waals surface area contributed by atoms with Gasteiger partial charge in [0.25, 0.3) is 5.78 Å². The molecule has 12 heteroatoms. The summed E-state index contributed by atoms with van der Waals surface area (Å²) in [4.78, 5) is 28.3. The summed E-state index contributed by atoms with van der Waals surface area (Å²) in [5, 5.41) is 19.8. The maximum Gasteiger partial charge on any atom is 0.301 e. The van der Waals surface area contributed by atoms with Crippen LogP contribution in [0, 0.1) is 11.6 Å². The van der Waals surface area contributed by atoms with E-state index in [0.29, 0.717) is 27.0 Å². The molecule has 6 rings (SSSR count). The van der Waals surface area contributed by atoms with Gasteiger partial charge in [-0.15, -0.1) is 10.2 Å². The molecule has 1 amide bonds. The summed E-state index contributed by atoms with van der Waals surface area (Å²) in [6.45, 7) is 0. The third-order valence-corrected chi connectivity index (χ3v) is 9.04. The number of Topliss-reactive ketones (excluding diaryl/α,β-unsaturated/α-hetero) is 1. The number of ether oxygens (including phenoxy) is 2. The topological polar surface area (TPSA) is 102 Å². The van der Waals surface area contributed by atoms with Gasteiger partial charge < -0.3 is 14.6 Å². The number of hydrogen-bond donors (Lipinski definition) is 1. The van der Waals surface area contributed by atoms with Crippen LogP contribution >= 0.6 is 23.1 Å². The minimum Gasteiger partial charge on any atom is -0.507 e. The number of carbonyl (C=O) groups excluding carboxylic acids is 2. The van der Waals surface area contributed by atoms with Gasteiger partial charge in [0.2, 0.25) is 5.13 Å². The number of aromatic nitrogens is 2. The van der Waals surface area contributed by atoms with Crippen LogP contribution in [0.4, 0.5) is 13.9 Å². The number of para-hydroxylation sites is 1. The predicted octanol–water partition coefficient (Wildman–Crippen LogP) is 7.54. The van der Waals surface area contributed by atoms with Crippen molar-refractivity contribution in [2.24, 2.45) is 0 Å². The minimum absolute atomic E-state index is 0.0219. The number of benzene rings is 4. The van der Waals surface area contributed by atoms with Gasteiger partial charge in [-0.3, -0.25) is 14.5 Å². The van der Waals surface area contributed by atoms with Crippen LogP contribution < -0.4 is 14.4 Å². The number of methoxy groups -OCH3 is 1. The van der Waals surface area contributed by atoms with E-state index < -0.39 is 29.3 Å². The Balaban J connectivity index is 1.41. The fourth-order valence-corrected chi connectivity index (χ4v) is 6.65. The third kappa shape index (κ3) is 6.15. The molecule has 0 radical (unpaired) electrons. The Morgan fingerprint density at radius 3 is 2.42 bits per heavy atom. The Kier molecular flexibility index (Phi) is 8.58. The number of halogens is 2. The average Bonchev–Trinajstić information content (AvgIpc) is 3.62. The number of rotatable bonds is 9. The molecule has 1 saturated heterocycles. The second-order valence-corrected chi connectivity index (χ2v) is 11.9. The zero-order valence-electron chi connectivity index (χ0n) is 23.5. The molecule has 226 valence electrons. The zero-order valence-corrected chi connectivity index (χ0v) is 25.1. The van der Waals surface area contributed by atoms with Gasteiger partial charge in [0.1, 0.15) is 23.1 Å². The summed E-state index contributed by atoms with van der Waals surface area (Å²) < 4.78 is 40.2. The monoisotopic (exact) mass is 643 g/mol. The number of anilines is 1. The van der Waals surface area contributed by atoms with E-state index in [1.807, 2.05) is 18.2 Å². The lowest BCUT2D eigenvalue weighted by Crippen LogP contribution is -2.29. The van der Waals surface area contributed by atoms with Crippen molar-refractivity contribution in [1.82, 2.24) is 10.2 Å². The summed E-state index contributed by atoms with van der Waals surface area (Å²) in [6.07, 6.45) is 0. The van der Waals surface area contributed by atoms with Crippen LogP contribution in [-0.4, -0.2) is 34.1 Å². The summed E-state index contributed by atoms with van der Waals surface area (Å²) in [7, 11) is 1.30. The van der Waals surface area contributed by atoms with Gasteiger partial charge in [-0.2, -0.15) is 0 Å². The van der Waals surface area contributed by atoms with Crippen molar-refractivity contribution >= 4 is 45.7 Å². The molecule has 4 aromatic carbocycles. The Morgan fingerprint density at radius 2 is 1.67 bits per heavy atom. The van der Waals surface area contributed by atoms with Gasteiger partial charge in [0.15, 0.2) is 15.9 Å². The molecule has 45 heavy (non-hydrogen) atoms. The van der Waals surface area contributed by atoms with Crippen molar-refractivity contribution in [2.75, 3.05) is 12.0 Å². The summed E-state index contributed by atoms with van der Waals surface area (Å²) in [5.41, 5.74) is 0.610. The van der Waals surface area contributed by atoms with E-state index in [4.69, 9.17) is 9.47 Å². The number of ketones is 1. The molecule has 1 fully saturated rings. The normalized spacial score (nSPS) is 15.8. The van der Waals surface area contributed by atoms with Crippen LogP contribution in [0.15, 0.2) is 107 Å². The molecule has 8 nitrogen and oxygen atoms in total. The van der Waals surface area contributed by atoms with E-state index in [-0.39, 0.29) is 33.6 Å². The number of aliphatic hydroxyl groups excluding tert-OH is 1. The highest BCUT2D eigenvalue weighted by molar-refractivity contribution is 8.00. The van der Waals surface area contributed by atoms with Gasteiger partial charge in [-0.05, 0) is 59.7 Å². The maximum absolute atomic E-state index is 14.6. The summed E-state index contributed by atoms with van der Waals surface area (Å²) in [5.74, 6) is -2.43. The highest BCUT2D eigenvalue weighted by Crippen LogP contribution is 2.45. The second-order valence-electron chi connectivity index (χ2n) is 9.74. The third-order valence-electron chi connectivity index (χ3n) is 6.93. The molecular formula is C33H23F2N3O5S2. The van der Waals surface area contributed by atoms with E-state index >= 15 is 0 Å². The molecule has 5 aromatic rings. The van der Waals surface area contributed by atoms with Crippen molar-refractivity contribution < 1.29 is 33.0 Å². The number of amides is 1. The van der Waals surface area contributed by atoms with E-state index in [2.05, 4.69) is 10.2 Å². The Bertz CT molecular complexity index is 1930. The van der Waals surface area contributed by atoms with Gasteiger partial charge in [-0.1, -0.05) is 71.6 Å². The van der Waals surface area contributed by atoms with Crippen LogP contribution in [0.1, 0.15) is 22.7 Å². The molecule has 1 aliphatic rings. The lowest BCUT2D eigenvalue weighted by molar-refractivity contribution is -0.132. The number of nitrogens with zero attached hydrogens (tertiary/aromatic N) is 3. The highest BCUT2D eigenvalue weighted by Gasteiger charge is 2.48. The molecular weight excluding hydrogens is 621 g/mol. The Morgan fingerprint density at radius 1 is 0.911 bits per heavy atom. The predicted molar refractivity (Wildman–Crippen MR) is 167 cm³/mol. The van der Waals surface area contributed by atoms with Crippen molar-refractivity contribution in [3.8, 4) is 17.2 Å². The minimum atomic E-state index is -1.16. The summed E-state index contributed by atoms with van der Waals surface area (Å²) in [6, 6.07) is 24.7. The zero-order chi connectivity index (χ0) is 31.5. The smallest absolute Gasteiger partial charge is 0.301 e. The molecule has 0 bridgehead atoms. The molecule has 1 N–H and O–H groups in total. The number of aliphatic hydroxyl groups is 1. The van der Waals surface area contributed by atoms with Crippen molar-refractivity contribution in [3.63, 3.8) is 0 Å². The fourth-order valence-electron chi connectivity index (χ4n) is 4.80. The molecule has 2 heterocycles. The Labute approximate surface area is 264 Å². The van der Waals surface area contributed by atoms with Gasteiger partial charge in [0, 0.05) is 11.3 Å². The first kappa shape index (κ1) is 30.0. The maximum atomic E-state index is 14.6. The molecule has 0 unspecified atom stereocenters. The van der Waals surface area contributed by atoms with E-state index in [9.17, 15) is 23.5 Å². The van der Waals surface area contributed by atoms with Crippen molar-refractivity contribution in [1.29, 1.82) is 0 Å². The number of thioether (sulfide) groups is 1. The molecule has 0 aliphatic carbocycles. The molecule has 1 aromatic heterocycles. The molecule has 0 saturated carbocycles. The number of hydrogen-bond acceptors (Lipinski definition) is 9. The highest BCUT2D eigenvalue weighted by atomic mass is 32.2. The first-order valence-electron chi connectivity index (χ1n) is 13.5. The summed E-state index contributed by atoms with van der Waals surface area (Å²) >= 11 is 2.27. The van der Waals surface area contributed by atoms with Gasteiger partial charge in [-0.25, -0.2) is 8.78 Å². The molecule has 0 spiro atoms. The first-order valence-corrected chi connectivity index (χ1v) is 15.3. The van der Waals surface area contributed by atoms with E-state index in [0.717, 1.165) is 22.3 Å². The van der Waals surface area contributed by atoms with Gasteiger partial charge in [0.05, 0.1) is 18.7 Å². The average molecular weight is 644 g/mol. The second kappa shape index (κ2) is 12.9. The van der Waals surface area contributed by atoms with Crippen LogP contribution in [0.25, 0.3) is 5.76 Å². The molecule has 1 aliphatic heterocycles. The number of carbonyl (C=O) groups is 2. The first-order chi connectivity index (χ1) is 21.8. The van der Waals surface area contributed by atoms with Crippen LogP contribution in [0.2, 0.25) is 0 Å². The lowest BCUT2D eigenvalue weighted by Gasteiger charge is -2.23. The van der Waals surface area contributed by atoms with Gasteiger partial charge >= 0.3 is 5.91 Å². The quantitative estimate of drug-likeness (QED) is 0.0578. The fraction of sp³-hybridized carbons (Fsp3) is 0.0909. The largest absolute Gasteiger partial charge is 0.507 e. The van der Waals surface area contributed by atoms with E-state index in [1.54, 1.807) is 54.6 Å². The van der Waals surface area contributed by atoms with Crippen LogP contribution in [-0.2, 0) is 15.3 Å². The lowest BCUT2D eigenvalue weighted by atomic mass is 9.95.